The Hall–Kier alpha value is -1.58. The van der Waals surface area contributed by atoms with Gasteiger partial charge in [-0.15, -0.1) is 0 Å². The minimum Gasteiger partial charge on any atom is -0.493 e. The van der Waals surface area contributed by atoms with Gasteiger partial charge in [-0.25, -0.2) is 9.18 Å². The zero-order valence-corrected chi connectivity index (χ0v) is 12.3. The first-order valence-electron chi connectivity index (χ1n) is 7.19. The maximum Gasteiger partial charge on any atom is 0.340 e. The summed E-state index contributed by atoms with van der Waals surface area (Å²) in [6.45, 7) is 2.76. The summed E-state index contributed by atoms with van der Waals surface area (Å²) >= 11 is 0. The van der Waals surface area contributed by atoms with Crippen LogP contribution in [0.5, 0.6) is 5.75 Å². The summed E-state index contributed by atoms with van der Waals surface area (Å²) in [5.41, 5.74) is -0.0700. The van der Waals surface area contributed by atoms with Gasteiger partial charge in [0.2, 0.25) is 0 Å². The summed E-state index contributed by atoms with van der Waals surface area (Å²) in [7, 11) is 1.23. The number of methoxy groups -OCH3 is 1. The maximum absolute atomic E-state index is 13.6. The molecule has 0 heterocycles. The normalized spacial score (nSPS) is 10.3. The predicted molar refractivity (Wildman–Crippen MR) is 76.6 cm³/mol. The number of hydrogen-bond donors (Lipinski definition) is 0. The van der Waals surface area contributed by atoms with Crippen LogP contribution in [0.2, 0.25) is 0 Å². The van der Waals surface area contributed by atoms with Crippen molar-refractivity contribution in [3.05, 3.63) is 29.6 Å². The second kappa shape index (κ2) is 9.34. The molecule has 0 aliphatic carbocycles. The van der Waals surface area contributed by atoms with E-state index in [1.165, 1.54) is 44.9 Å². The van der Waals surface area contributed by atoms with Crippen molar-refractivity contribution in [3.8, 4) is 5.75 Å². The molecule has 0 atom stereocenters. The summed E-state index contributed by atoms with van der Waals surface area (Å²) < 4.78 is 23.6. The fraction of sp³-hybridized carbons (Fsp3) is 0.562. The Morgan fingerprint density at radius 2 is 1.85 bits per heavy atom. The molecule has 4 heteroatoms. The number of carbonyl (C=O) groups excluding carboxylic acids is 1. The molecule has 0 radical (unpaired) electrons. The van der Waals surface area contributed by atoms with Crippen LogP contribution in [0, 0.1) is 5.82 Å². The van der Waals surface area contributed by atoms with Gasteiger partial charge in [-0.05, 0) is 18.6 Å². The first-order chi connectivity index (χ1) is 9.69. The lowest BCUT2D eigenvalue weighted by Crippen LogP contribution is -2.05. The van der Waals surface area contributed by atoms with Crippen LogP contribution in [-0.2, 0) is 4.74 Å². The van der Waals surface area contributed by atoms with Gasteiger partial charge in [0, 0.05) is 6.07 Å². The average molecular weight is 282 g/mol. The molecule has 0 N–H and O–H groups in total. The molecule has 1 aromatic rings. The maximum atomic E-state index is 13.6. The van der Waals surface area contributed by atoms with E-state index in [2.05, 4.69) is 11.7 Å². The molecule has 0 amide bonds. The van der Waals surface area contributed by atoms with Crippen LogP contribution < -0.4 is 4.74 Å². The van der Waals surface area contributed by atoms with Crippen molar-refractivity contribution < 1.29 is 18.7 Å². The lowest BCUT2D eigenvalue weighted by molar-refractivity contribution is 0.0595. The number of halogens is 1. The van der Waals surface area contributed by atoms with Gasteiger partial charge in [0.1, 0.15) is 11.6 Å². The van der Waals surface area contributed by atoms with E-state index in [1.807, 2.05) is 0 Å². The van der Waals surface area contributed by atoms with Crippen molar-refractivity contribution in [2.24, 2.45) is 0 Å². The van der Waals surface area contributed by atoms with Gasteiger partial charge in [-0.3, -0.25) is 0 Å². The van der Waals surface area contributed by atoms with Crippen molar-refractivity contribution in [1.82, 2.24) is 0 Å². The molecular formula is C16H23FO3. The topological polar surface area (TPSA) is 35.5 Å². The van der Waals surface area contributed by atoms with Gasteiger partial charge in [-0.2, -0.15) is 0 Å². The number of unbranched alkanes of at least 4 members (excludes halogenated alkanes) is 5. The lowest BCUT2D eigenvalue weighted by atomic mass is 10.1. The largest absolute Gasteiger partial charge is 0.493 e. The first kappa shape index (κ1) is 16.5. The third-order valence-electron chi connectivity index (χ3n) is 3.11. The van der Waals surface area contributed by atoms with E-state index >= 15 is 0 Å². The molecule has 0 aliphatic heterocycles. The van der Waals surface area contributed by atoms with Crippen molar-refractivity contribution in [2.75, 3.05) is 13.7 Å². The molecule has 0 aromatic heterocycles. The van der Waals surface area contributed by atoms with Crippen molar-refractivity contribution in [3.63, 3.8) is 0 Å². The number of esters is 1. The van der Waals surface area contributed by atoms with E-state index in [9.17, 15) is 9.18 Å². The Morgan fingerprint density at radius 3 is 2.50 bits per heavy atom. The fourth-order valence-electron chi connectivity index (χ4n) is 1.93. The number of ether oxygens (including phenoxy) is 2. The molecule has 0 saturated carbocycles. The van der Waals surface area contributed by atoms with Crippen LogP contribution in [0.1, 0.15) is 55.8 Å². The summed E-state index contributed by atoms with van der Waals surface area (Å²) in [6, 6.07) is 4.20. The van der Waals surface area contributed by atoms with Crippen LogP contribution in [0.4, 0.5) is 4.39 Å². The first-order valence-corrected chi connectivity index (χ1v) is 7.19. The zero-order valence-electron chi connectivity index (χ0n) is 12.3. The van der Waals surface area contributed by atoms with Crippen LogP contribution in [0.3, 0.4) is 0 Å². The van der Waals surface area contributed by atoms with Crippen molar-refractivity contribution in [1.29, 1.82) is 0 Å². The number of rotatable bonds is 9. The molecule has 0 saturated heterocycles. The van der Waals surface area contributed by atoms with E-state index in [0.29, 0.717) is 12.4 Å². The summed E-state index contributed by atoms with van der Waals surface area (Å²) in [5.74, 6) is -0.842. The van der Waals surface area contributed by atoms with E-state index in [0.717, 1.165) is 12.8 Å². The molecule has 20 heavy (non-hydrogen) atoms. The van der Waals surface area contributed by atoms with Crippen LogP contribution in [-0.4, -0.2) is 19.7 Å². The molecular weight excluding hydrogens is 259 g/mol. The number of carbonyl (C=O) groups is 1. The fourth-order valence-corrected chi connectivity index (χ4v) is 1.93. The SMILES string of the molecule is CCCCCCCCOc1ccc(C(=O)OC)c(F)c1. The van der Waals surface area contributed by atoms with E-state index < -0.39 is 11.8 Å². The number of hydrogen-bond acceptors (Lipinski definition) is 3. The summed E-state index contributed by atoms with van der Waals surface area (Å²) in [5, 5.41) is 0. The third kappa shape index (κ3) is 5.59. The van der Waals surface area contributed by atoms with Crippen molar-refractivity contribution >= 4 is 5.97 Å². The van der Waals surface area contributed by atoms with Gasteiger partial charge in [-0.1, -0.05) is 39.0 Å². The van der Waals surface area contributed by atoms with E-state index in [1.54, 1.807) is 6.07 Å². The molecule has 0 bridgehead atoms. The van der Waals surface area contributed by atoms with Gasteiger partial charge in [0.05, 0.1) is 19.3 Å². The smallest absolute Gasteiger partial charge is 0.340 e. The third-order valence-corrected chi connectivity index (χ3v) is 3.11. The Morgan fingerprint density at radius 1 is 1.15 bits per heavy atom. The standard InChI is InChI=1S/C16H23FO3/c1-3-4-5-6-7-8-11-20-13-9-10-14(15(17)12-13)16(18)19-2/h9-10,12H,3-8,11H2,1-2H3. The van der Waals surface area contributed by atoms with Crippen molar-refractivity contribution in [2.45, 2.75) is 45.4 Å². The molecule has 112 valence electrons. The molecule has 0 unspecified atom stereocenters. The Labute approximate surface area is 120 Å². The molecule has 1 aromatic carbocycles. The molecule has 0 spiro atoms. The highest BCUT2D eigenvalue weighted by atomic mass is 19.1. The highest BCUT2D eigenvalue weighted by Gasteiger charge is 2.12. The van der Waals surface area contributed by atoms with E-state index in [4.69, 9.17) is 4.74 Å². The summed E-state index contributed by atoms with van der Waals surface area (Å²) in [6.07, 6.45) is 7.09. The Kier molecular flexibility index (Phi) is 7.70. The van der Waals surface area contributed by atoms with Gasteiger partial charge in [0.15, 0.2) is 0 Å². The molecule has 0 fully saturated rings. The molecule has 3 nitrogen and oxygen atoms in total. The molecule has 1 rings (SSSR count). The monoisotopic (exact) mass is 282 g/mol. The minimum atomic E-state index is -0.676. The van der Waals surface area contributed by atoms with Crippen LogP contribution >= 0.6 is 0 Å². The highest BCUT2D eigenvalue weighted by Crippen LogP contribution is 2.18. The zero-order chi connectivity index (χ0) is 14.8. The second-order valence-electron chi connectivity index (χ2n) is 4.75. The predicted octanol–water partition coefficient (Wildman–Crippen LogP) is 4.35. The van der Waals surface area contributed by atoms with Gasteiger partial charge in [0.25, 0.3) is 0 Å². The van der Waals surface area contributed by atoms with E-state index in [-0.39, 0.29) is 5.56 Å². The quantitative estimate of drug-likeness (QED) is 0.499. The average Bonchev–Trinajstić information content (AvgIpc) is 2.45. The second-order valence-corrected chi connectivity index (χ2v) is 4.75. The number of benzene rings is 1. The highest BCUT2D eigenvalue weighted by molar-refractivity contribution is 5.89. The Balaban J connectivity index is 2.31. The molecule has 0 aliphatic rings. The van der Waals surface area contributed by atoms with Crippen LogP contribution in [0.25, 0.3) is 0 Å². The Bertz CT molecular complexity index is 418. The lowest BCUT2D eigenvalue weighted by Gasteiger charge is -2.07. The minimum absolute atomic E-state index is 0.0700. The van der Waals surface area contributed by atoms with Gasteiger partial charge < -0.3 is 9.47 Å². The van der Waals surface area contributed by atoms with Gasteiger partial charge >= 0.3 is 5.97 Å². The van der Waals surface area contributed by atoms with Crippen LogP contribution in [0.15, 0.2) is 18.2 Å². The summed E-state index contributed by atoms with van der Waals surface area (Å²) in [4.78, 5) is 11.2.